The number of piperazine rings is 1. The fourth-order valence-electron chi connectivity index (χ4n) is 13.0. The minimum atomic E-state index is -1.02. The number of terminal acetylenes is 1. The van der Waals surface area contributed by atoms with Crippen LogP contribution in [0.2, 0.25) is 0 Å². The lowest BCUT2D eigenvalue weighted by molar-refractivity contribution is -0.152. The Kier molecular flexibility index (Phi) is 15.5. The minimum Gasteiger partial charge on any atom is -0.508 e. The number of aromatic nitrogens is 4. The molecule has 3 amide bonds. The summed E-state index contributed by atoms with van der Waals surface area (Å²) in [7, 11) is 0. The quantitative estimate of drug-likeness (QED) is 0.0618. The van der Waals surface area contributed by atoms with Gasteiger partial charge in [0.25, 0.3) is 0 Å². The Morgan fingerprint density at radius 1 is 1.01 bits per heavy atom. The van der Waals surface area contributed by atoms with Gasteiger partial charge in [-0.1, -0.05) is 57.0 Å². The molecule has 2 bridgehead atoms. The molecule has 80 heavy (non-hydrogen) atoms. The van der Waals surface area contributed by atoms with Crippen LogP contribution < -0.4 is 20.3 Å². The number of phenols is 1. The van der Waals surface area contributed by atoms with Crippen LogP contribution in [0.5, 0.6) is 11.8 Å². The topological polar surface area (TPSA) is 210 Å². The molecule has 5 aliphatic rings. The van der Waals surface area contributed by atoms with Crippen molar-refractivity contribution >= 4 is 56.6 Å². The number of benzene rings is 3. The molecular weight excluding hydrogens is 1040 g/mol. The normalized spacial score (nSPS) is 23.1. The van der Waals surface area contributed by atoms with Crippen molar-refractivity contribution in [3.8, 4) is 45.8 Å². The second kappa shape index (κ2) is 22.6. The van der Waals surface area contributed by atoms with Gasteiger partial charge in [-0.05, 0) is 105 Å². The van der Waals surface area contributed by atoms with Gasteiger partial charge >= 0.3 is 6.01 Å². The van der Waals surface area contributed by atoms with Crippen LogP contribution >= 0.6 is 11.3 Å². The van der Waals surface area contributed by atoms with Crippen LogP contribution in [-0.4, -0.2) is 156 Å². The maximum absolute atomic E-state index is 17.3. The molecule has 420 valence electrons. The molecule has 0 radical (unpaired) electrons. The molecule has 20 heteroatoms. The fourth-order valence-corrected chi connectivity index (χ4v) is 13.8. The number of anilines is 1. The number of amides is 3. The Balaban J connectivity index is 0.779. The van der Waals surface area contributed by atoms with Gasteiger partial charge in [-0.25, -0.2) is 13.8 Å². The highest BCUT2D eigenvalue weighted by atomic mass is 32.1. The van der Waals surface area contributed by atoms with Crippen molar-refractivity contribution in [3.63, 3.8) is 0 Å². The van der Waals surface area contributed by atoms with Gasteiger partial charge in [0.1, 0.15) is 47.3 Å². The van der Waals surface area contributed by atoms with Gasteiger partial charge in [-0.2, -0.15) is 9.97 Å². The number of fused-ring (bicyclic) bond motifs is 4. The van der Waals surface area contributed by atoms with E-state index in [0.717, 1.165) is 54.8 Å². The highest BCUT2D eigenvalue weighted by molar-refractivity contribution is 7.13. The molecule has 8 atom stereocenters. The van der Waals surface area contributed by atoms with Crippen molar-refractivity contribution in [3.05, 3.63) is 88.7 Å². The second-order valence-corrected chi connectivity index (χ2v) is 24.1. The number of likely N-dealkylation sites (tertiary alicyclic amines) is 3. The van der Waals surface area contributed by atoms with Crippen molar-refractivity contribution in [2.45, 2.75) is 134 Å². The maximum Gasteiger partial charge on any atom is 0.319 e. The SMILES string of the molecule is C#Cc1c(F)ccc2cc(O)cc(-c3ncc4c(N5CC6CCC(C5)N6)nc(OC[C@@H]5CCCN5CCC[C@H]5CCC(=O)N5[C@H](C(=O)N5C[C@H](O)C[C@H]5C(=O)N[C@@H](CO)c5ccc(-c6scnc6C)cc5)C(C)(C)C)nc4c3F)c12. The summed E-state index contributed by atoms with van der Waals surface area (Å²) in [5.41, 5.74) is 3.49. The van der Waals surface area contributed by atoms with E-state index < -0.39 is 53.1 Å². The molecule has 3 aromatic carbocycles. The van der Waals surface area contributed by atoms with Gasteiger partial charge in [0.2, 0.25) is 17.7 Å². The molecule has 8 heterocycles. The molecule has 0 aliphatic carbocycles. The van der Waals surface area contributed by atoms with E-state index in [0.29, 0.717) is 54.6 Å². The molecule has 5 N–H and O–H groups in total. The number of aliphatic hydroxyl groups is 2. The number of β-amino-alcohol motifs (C(OH)–C–C–N with tert-alkyl or cyclic N) is 1. The molecule has 3 aromatic heterocycles. The van der Waals surface area contributed by atoms with Crippen molar-refractivity contribution in [2.75, 3.05) is 50.8 Å². The first-order valence-corrected chi connectivity index (χ1v) is 28.7. The Labute approximate surface area is 467 Å². The number of aryl methyl sites for hydroxylation is 1. The highest BCUT2D eigenvalue weighted by Crippen LogP contribution is 2.41. The number of rotatable bonds is 16. The van der Waals surface area contributed by atoms with E-state index in [4.69, 9.17) is 16.1 Å². The fraction of sp³-hybridized carbons (Fsp3) is 0.483. The van der Waals surface area contributed by atoms with Crippen LogP contribution in [0.25, 0.3) is 43.4 Å². The lowest BCUT2D eigenvalue weighted by atomic mass is 9.83. The molecule has 6 aromatic rings. The molecule has 5 fully saturated rings. The van der Waals surface area contributed by atoms with Crippen LogP contribution in [-0.2, 0) is 14.4 Å². The summed E-state index contributed by atoms with van der Waals surface area (Å²) in [6, 6.07) is 10.6. The lowest BCUT2D eigenvalue weighted by Crippen LogP contribution is -2.60. The number of aromatic hydroxyl groups is 1. The number of pyridine rings is 1. The minimum absolute atomic E-state index is 0.00165. The van der Waals surface area contributed by atoms with Crippen molar-refractivity contribution in [1.29, 1.82) is 0 Å². The van der Waals surface area contributed by atoms with Gasteiger partial charge < -0.3 is 45.4 Å². The Morgan fingerprint density at radius 2 is 1.79 bits per heavy atom. The first kappa shape index (κ1) is 55.0. The number of phenolic OH excluding ortho intramolecular Hbond substituents is 1. The molecule has 0 saturated carbocycles. The van der Waals surface area contributed by atoms with E-state index in [-0.39, 0.29) is 102 Å². The zero-order chi connectivity index (χ0) is 56.1. The van der Waals surface area contributed by atoms with Crippen molar-refractivity contribution in [2.24, 2.45) is 5.41 Å². The smallest absolute Gasteiger partial charge is 0.319 e. The Hall–Kier alpha value is -6.89. The molecule has 11 rings (SSSR count). The van der Waals surface area contributed by atoms with Gasteiger partial charge in [-0.3, -0.25) is 24.3 Å². The number of aliphatic hydroxyl groups excluding tert-OH is 2. The van der Waals surface area contributed by atoms with Crippen LogP contribution in [0.1, 0.15) is 101 Å². The standard InChI is InChI=1S/C60H68F2N10O7S/c1-6-43-46(61)19-15-36-23-41(74)24-44(50(36)43)52-51(62)53-45(26-63-52)56(70-27-37-16-17-38(28-70)65-37)68-59(67-53)79-31-40-10-8-22-69(40)21-7-9-39-18-20-49(76)72(39)55(60(3,4)5)58(78)71-29-42(75)25-48(71)57(77)66-47(30-73)34-11-13-35(14-12-34)54-33(2)64-32-80-54/h1,11-15,19,23-24,26,32,37-40,42,47-48,55,65,73-75H,7-10,16-18,20-22,25,27-31H2,2-5H3,(H,66,77)/t37?,38?,39-,40-,42+,47-,48-,55+/m0/s1. The summed E-state index contributed by atoms with van der Waals surface area (Å²) >= 11 is 1.53. The number of halogens is 2. The van der Waals surface area contributed by atoms with Gasteiger partial charge in [0.15, 0.2) is 5.82 Å². The zero-order valence-corrected chi connectivity index (χ0v) is 46.3. The maximum atomic E-state index is 17.3. The summed E-state index contributed by atoms with van der Waals surface area (Å²) in [6.07, 6.45) is 12.4. The average molecular weight is 1110 g/mol. The number of hydrogen-bond donors (Lipinski definition) is 5. The first-order valence-electron chi connectivity index (χ1n) is 27.9. The number of nitrogens with one attached hydrogen (secondary N) is 2. The van der Waals surface area contributed by atoms with E-state index >= 15 is 8.78 Å². The van der Waals surface area contributed by atoms with E-state index in [1.54, 1.807) is 10.4 Å². The third-order valence-corrected chi connectivity index (χ3v) is 17.9. The third kappa shape index (κ3) is 10.8. The molecule has 5 saturated heterocycles. The first-order chi connectivity index (χ1) is 38.5. The summed E-state index contributed by atoms with van der Waals surface area (Å²) in [5, 5.41) is 39.8. The summed E-state index contributed by atoms with van der Waals surface area (Å²) in [4.78, 5) is 70.2. The predicted molar refractivity (Wildman–Crippen MR) is 301 cm³/mol. The van der Waals surface area contributed by atoms with Gasteiger partial charge in [-0.15, -0.1) is 17.8 Å². The van der Waals surface area contributed by atoms with Crippen LogP contribution in [0.4, 0.5) is 14.6 Å². The van der Waals surface area contributed by atoms with E-state index in [1.165, 1.54) is 46.7 Å². The largest absolute Gasteiger partial charge is 0.508 e. The molecule has 17 nitrogen and oxygen atoms in total. The second-order valence-electron chi connectivity index (χ2n) is 23.3. The number of nitrogens with zero attached hydrogens (tertiary/aromatic N) is 8. The van der Waals surface area contributed by atoms with Gasteiger partial charge in [0, 0.05) is 73.8 Å². The Morgan fingerprint density at radius 3 is 2.50 bits per heavy atom. The summed E-state index contributed by atoms with van der Waals surface area (Å²) in [6.45, 7) is 10.3. The summed E-state index contributed by atoms with van der Waals surface area (Å²) in [5.74, 6) is 0.262. The number of ether oxygens (including phenoxy) is 1. The molecule has 2 unspecified atom stereocenters. The zero-order valence-electron chi connectivity index (χ0n) is 45.5. The molecule has 5 aliphatic heterocycles. The number of hydrogen-bond acceptors (Lipinski definition) is 15. The Bertz CT molecular complexity index is 3370. The lowest BCUT2D eigenvalue weighted by Gasteiger charge is -2.43. The molecular formula is C60H68F2N10O7S. The van der Waals surface area contributed by atoms with E-state index in [1.807, 2.05) is 52.0 Å². The van der Waals surface area contributed by atoms with Crippen molar-refractivity contribution in [1.82, 2.24) is 45.3 Å². The van der Waals surface area contributed by atoms with Crippen LogP contribution in [0.15, 0.2) is 60.2 Å². The monoisotopic (exact) mass is 1110 g/mol. The number of carbonyl (C=O) groups is 3. The van der Waals surface area contributed by atoms with Crippen molar-refractivity contribution < 1.29 is 43.2 Å². The van der Waals surface area contributed by atoms with Crippen LogP contribution in [0.3, 0.4) is 0 Å². The molecule has 0 spiro atoms. The highest BCUT2D eigenvalue weighted by Gasteiger charge is 2.50. The van der Waals surface area contributed by atoms with Crippen LogP contribution in [0, 0.1) is 36.3 Å². The third-order valence-electron chi connectivity index (χ3n) is 16.9. The van der Waals surface area contributed by atoms with E-state index in [2.05, 4.69) is 41.3 Å². The van der Waals surface area contributed by atoms with Gasteiger partial charge in [0.05, 0.1) is 45.8 Å². The predicted octanol–water partition coefficient (Wildman–Crippen LogP) is 7.02. The summed E-state index contributed by atoms with van der Waals surface area (Å²) < 4.78 is 38.9. The number of thiazole rings is 1. The number of carbonyl (C=O) groups excluding carboxylic acids is 3. The average Bonchev–Trinajstić information content (AvgIpc) is 4.15. The van der Waals surface area contributed by atoms with E-state index in [9.17, 15) is 29.7 Å².